The number of hydrogen-bond acceptors (Lipinski definition) is 1. The molecule has 94 valence electrons. The minimum atomic E-state index is -2.64. The summed E-state index contributed by atoms with van der Waals surface area (Å²) in [5.74, 6) is -2.64. The molecule has 1 fully saturated rings. The first-order valence-electron chi connectivity index (χ1n) is 6.15. The second-order valence-electron chi connectivity index (χ2n) is 5.31. The minimum absolute atomic E-state index is 0.204. The summed E-state index contributed by atoms with van der Waals surface area (Å²) in [5, 5.41) is 0. The standard InChI is InChI=1S/C14H19F2N/c1-13(15,16)10-11-4-6-12(7-5-11)14(17)8-2-3-9-14/h4-7H,2-3,8-10,17H2,1H3. The van der Waals surface area contributed by atoms with E-state index in [-0.39, 0.29) is 12.0 Å². The van der Waals surface area contributed by atoms with Gasteiger partial charge in [0.05, 0.1) is 0 Å². The summed E-state index contributed by atoms with van der Waals surface area (Å²) in [6.45, 7) is 0.947. The summed E-state index contributed by atoms with van der Waals surface area (Å²) in [4.78, 5) is 0. The van der Waals surface area contributed by atoms with Crippen LogP contribution in [0.1, 0.15) is 43.7 Å². The smallest absolute Gasteiger partial charge is 0.249 e. The molecule has 0 unspecified atom stereocenters. The van der Waals surface area contributed by atoms with Gasteiger partial charge in [0, 0.05) is 12.0 Å². The highest BCUT2D eigenvalue weighted by atomic mass is 19.3. The van der Waals surface area contributed by atoms with Crippen molar-refractivity contribution in [3.8, 4) is 0 Å². The Bertz CT molecular complexity index is 372. The van der Waals surface area contributed by atoms with Crippen LogP contribution in [-0.2, 0) is 12.0 Å². The number of nitrogens with two attached hydrogens (primary N) is 1. The predicted octanol–water partition coefficient (Wildman–Crippen LogP) is 3.61. The lowest BCUT2D eigenvalue weighted by Gasteiger charge is -2.24. The molecule has 1 saturated carbocycles. The quantitative estimate of drug-likeness (QED) is 0.856. The summed E-state index contributed by atoms with van der Waals surface area (Å²) in [5.41, 5.74) is 7.83. The van der Waals surface area contributed by atoms with Gasteiger partial charge < -0.3 is 5.73 Å². The first kappa shape index (κ1) is 12.5. The lowest BCUT2D eigenvalue weighted by atomic mass is 9.88. The third kappa shape index (κ3) is 3.03. The van der Waals surface area contributed by atoms with Gasteiger partial charge in [0.25, 0.3) is 0 Å². The van der Waals surface area contributed by atoms with Crippen molar-refractivity contribution in [2.75, 3.05) is 0 Å². The molecule has 0 spiro atoms. The van der Waals surface area contributed by atoms with Crippen molar-refractivity contribution < 1.29 is 8.78 Å². The lowest BCUT2D eigenvalue weighted by Crippen LogP contribution is -2.32. The Balaban J connectivity index is 2.13. The van der Waals surface area contributed by atoms with Crippen molar-refractivity contribution >= 4 is 0 Å². The van der Waals surface area contributed by atoms with Crippen molar-refractivity contribution in [3.63, 3.8) is 0 Å². The zero-order chi connectivity index (χ0) is 12.5. The number of benzene rings is 1. The monoisotopic (exact) mass is 239 g/mol. The van der Waals surface area contributed by atoms with E-state index in [4.69, 9.17) is 5.73 Å². The van der Waals surface area contributed by atoms with Crippen LogP contribution in [0.4, 0.5) is 8.78 Å². The molecule has 1 aromatic carbocycles. The molecule has 0 aromatic heterocycles. The zero-order valence-corrected chi connectivity index (χ0v) is 10.2. The number of hydrogen-bond donors (Lipinski definition) is 1. The second kappa shape index (κ2) is 4.37. The van der Waals surface area contributed by atoms with Crippen LogP contribution in [0.25, 0.3) is 0 Å². The SMILES string of the molecule is CC(F)(F)Cc1ccc(C2(N)CCCC2)cc1. The highest BCUT2D eigenvalue weighted by Crippen LogP contribution is 2.36. The molecule has 0 atom stereocenters. The summed E-state index contributed by atoms with van der Waals surface area (Å²) < 4.78 is 25.7. The molecule has 0 bridgehead atoms. The molecule has 0 radical (unpaired) electrons. The van der Waals surface area contributed by atoms with Crippen molar-refractivity contribution in [2.24, 2.45) is 5.73 Å². The van der Waals surface area contributed by atoms with E-state index in [9.17, 15) is 8.78 Å². The van der Waals surface area contributed by atoms with Crippen molar-refractivity contribution in [3.05, 3.63) is 35.4 Å². The molecule has 17 heavy (non-hydrogen) atoms. The van der Waals surface area contributed by atoms with Crippen molar-refractivity contribution in [1.29, 1.82) is 0 Å². The van der Waals surface area contributed by atoms with E-state index in [1.54, 1.807) is 12.1 Å². The van der Waals surface area contributed by atoms with Gasteiger partial charge in [-0.2, -0.15) is 0 Å². The molecule has 0 saturated heterocycles. The summed E-state index contributed by atoms with van der Waals surface area (Å²) in [6.07, 6.45) is 4.11. The van der Waals surface area contributed by atoms with Crippen molar-refractivity contribution in [1.82, 2.24) is 0 Å². The predicted molar refractivity (Wildman–Crippen MR) is 65.1 cm³/mol. The maximum Gasteiger partial charge on any atom is 0.249 e. The van der Waals surface area contributed by atoms with Gasteiger partial charge in [-0.25, -0.2) is 8.78 Å². The molecule has 1 aliphatic rings. The minimum Gasteiger partial charge on any atom is -0.321 e. The molecule has 2 N–H and O–H groups in total. The third-order valence-corrected chi connectivity index (χ3v) is 3.54. The van der Waals surface area contributed by atoms with Crippen molar-refractivity contribution in [2.45, 2.75) is 50.5 Å². The normalized spacial score (nSPS) is 19.5. The van der Waals surface area contributed by atoms with E-state index < -0.39 is 5.92 Å². The highest BCUT2D eigenvalue weighted by Gasteiger charge is 2.31. The van der Waals surface area contributed by atoms with Gasteiger partial charge in [-0.3, -0.25) is 0 Å². The Morgan fingerprint density at radius 2 is 1.71 bits per heavy atom. The molecule has 0 amide bonds. The van der Waals surface area contributed by atoms with Crippen LogP contribution >= 0.6 is 0 Å². The van der Waals surface area contributed by atoms with Gasteiger partial charge in [-0.05, 0) is 30.9 Å². The Kier molecular flexibility index (Phi) is 3.21. The maximum absolute atomic E-state index is 12.9. The average molecular weight is 239 g/mol. The molecule has 1 nitrogen and oxygen atoms in total. The van der Waals surface area contributed by atoms with Crippen LogP contribution in [0.2, 0.25) is 0 Å². The van der Waals surface area contributed by atoms with Crippen LogP contribution < -0.4 is 5.73 Å². The van der Waals surface area contributed by atoms with Gasteiger partial charge >= 0.3 is 0 Å². The Morgan fingerprint density at radius 1 is 1.18 bits per heavy atom. The summed E-state index contributed by atoms with van der Waals surface area (Å²) in [6, 6.07) is 7.37. The van der Waals surface area contributed by atoms with E-state index in [2.05, 4.69) is 0 Å². The topological polar surface area (TPSA) is 26.0 Å². The largest absolute Gasteiger partial charge is 0.321 e. The fourth-order valence-electron chi connectivity index (χ4n) is 2.61. The van der Waals surface area contributed by atoms with Gasteiger partial charge in [0.15, 0.2) is 0 Å². The number of rotatable bonds is 3. The first-order chi connectivity index (χ1) is 7.89. The molecular formula is C14H19F2N. The fraction of sp³-hybridized carbons (Fsp3) is 0.571. The lowest BCUT2D eigenvalue weighted by molar-refractivity contribution is 0.0226. The van der Waals surface area contributed by atoms with Gasteiger partial charge in [-0.1, -0.05) is 37.1 Å². The van der Waals surface area contributed by atoms with Crippen LogP contribution in [0.5, 0.6) is 0 Å². The molecular weight excluding hydrogens is 220 g/mol. The Hall–Kier alpha value is -0.960. The molecule has 2 rings (SSSR count). The van der Waals surface area contributed by atoms with E-state index in [1.807, 2.05) is 12.1 Å². The van der Waals surface area contributed by atoms with Gasteiger partial charge in [0.2, 0.25) is 5.92 Å². The summed E-state index contributed by atoms with van der Waals surface area (Å²) in [7, 11) is 0. The molecule has 0 heterocycles. The molecule has 1 aliphatic carbocycles. The molecule has 0 aliphatic heterocycles. The highest BCUT2D eigenvalue weighted by molar-refractivity contribution is 5.29. The zero-order valence-electron chi connectivity index (χ0n) is 10.2. The first-order valence-corrected chi connectivity index (χ1v) is 6.15. The van der Waals surface area contributed by atoms with E-state index >= 15 is 0 Å². The Labute approximate surface area is 101 Å². The second-order valence-corrected chi connectivity index (χ2v) is 5.31. The van der Waals surface area contributed by atoms with Crippen LogP contribution in [-0.4, -0.2) is 5.92 Å². The van der Waals surface area contributed by atoms with Crippen LogP contribution in [0, 0.1) is 0 Å². The number of halogens is 2. The Morgan fingerprint density at radius 3 is 2.18 bits per heavy atom. The molecule has 3 heteroatoms. The molecule has 1 aromatic rings. The van der Waals surface area contributed by atoms with Gasteiger partial charge in [0.1, 0.15) is 0 Å². The summed E-state index contributed by atoms with van der Waals surface area (Å²) >= 11 is 0. The van der Waals surface area contributed by atoms with Crippen LogP contribution in [0.3, 0.4) is 0 Å². The van der Waals surface area contributed by atoms with Crippen LogP contribution in [0.15, 0.2) is 24.3 Å². The van der Waals surface area contributed by atoms with E-state index in [1.165, 1.54) is 0 Å². The average Bonchev–Trinajstić information content (AvgIpc) is 2.65. The number of alkyl halides is 2. The van der Waals surface area contributed by atoms with E-state index in [0.29, 0.717) is 5.56 Å². The maximum atomic E-state index is 12.9. The van der Waals surface area contributed by atoms with E-state index in [0.717, 1.165) is 38.2 Å². The van der Waals surface area contributed by atoms with Gasteiger partial charge in [-0.15, -0.1) is 0 Å². The third-order valence-electron chi connectivity index (χ3n) is 3.54. The fourth-order valence-corrected chi connectivity index (χ4v) is 2.61.